The van der Waals surface area contributed by atoms with E-state index in [-0.39, 0.29) is 6.61 Å². The van der Waals surface area contributed by atoms with E-state index in [9.17, 15) is 32.3 Å². The summed E-state index contributed by atoms with van der Waals surface area (Å²) in [6.07, 6.45) is -7.07. The van der Waals surface area contributed by atoms with Crippen LogP contribution in [0.15, 0.2) is 24.3 Å². The zero-order valence-corrected chi connectivity index (χ0v) is 10.9. The Labute approximate surface area is 117 Å². The lowest BCUT2D eigenvalue weighted by Crippen LogP contribution is -2.48. The predicted molar refractivity (Wildman–Crippen MR) is 63.0 cm³/mol. The molecule has 8 heteroatoms. The molecule has 1 N–H and O–H groups in total. The van der Waals surface area contributed by atoms with Gasteiger partial charge >= 0.3 is 18.1 Å². The summed E-state index contributed by atoms with van der Waals surface area (Å²) in [6, 6.07) is 3.92. The van der Waals surface area contributed by atoms with Crippen LogP contribution in [0.5, 0.6) is 0 Å². The number of carbonyl (C=O) groups is 2. The second-order valence-corrected chi connectivity index (χ2v) is 4.20. The maximum atomic E-state index is 13.8. The van der Waals surface area contributed by atoms with Gasteiger partial charge in [-0.15, -0.1) is 0 Å². The highest BCUT2D eigenvalue weighted by molar-refractivity contribution is 6.05. The summed E-state index contributed by atoms with van der Waals surface area (Å²) < 4.78 is 56.4. The topological polar surface area (TPSA) is 63.6 Å². The molecule has 0 fully saturated rings. The average Bonchev–Trinajstić information content (AvgIpc) is 2.35. The van der Waals surface area contributed by atoms with Crippen molar-refractivity contribution in [2.24, 2.45) is 0 Å². The first-order chi connectivity index (χ1) is 9.65. The lowest BCUT2D eigenvalue weighted by Gasteiger charge is -2.28. The minimum absolute atomic E-state index is 0.333. The predicted octanol–water partition coefficient (Wildman–Crippen LogP) is 2.66. The normalized spacial score (nSPS) is 14.3. The van der Waals surface area contributed by atoms with E-state index in [1.54, 1.807) is 0 Å². The molecule has 1 rings (SSSR count). The summed E-state index contributed by atoms with van der Waals surface area (Å²) in [5.74, 6) is -5.00. The first-order valence-electron chi connectivity index (χ1n) is 5.87. The molecule has 0 aliphatic heterocycles. The molecule has 0 heterocycles. The van der Waals surface area contributed by atoms with E-state index in [1.807, 2.05) is 0 Å². The molecule has 0 spiro atoms. The maximum Gasteiger partial charge on any atom is 0.391 e. The van der Waals surface area contributed by atoms with Crippen molar-refractivity contribution >= 4 is 11.9 Å². The Hall–Kier alpha value is -2.12. The molecule has 1 aromatic rings. The Morgan fingerprint density at radius 3 is 2.24 bits per heavy atom. The molecule has 0 amide bonds. The molecule has 0 aliphatic carbocycles. The monoisotopic (exact) mass is 308 g/mol. The SMILES string of the molecule is CCOC(=O)C(CC(F)(F)F)(C(=O)O)c1ccccc1F. The van der Waals surface area contributed by atoms with E-state index >= 15 is 0 Å². The minimum atomic E-state index is -5.01. The first kappa shape index (κ1) is 16.9. The molecule has 21 heavy (non-hydrogen) atoms. The van der Waals surface area contributed by atoms with Crippen LogP contribution in [0.4, 0.5) is 17.6 Å². The van der Waals surface area contributed by atoms with Gasteiger partial charge in [-0.3, -0.25) is 9.59 Å². The van der Waals surface area contributed by atoms with Gasteiger partial charge in [0, 0.05) is 5.56 Å². The Morgan fingerprint density at radius 2 is 1.81 bits per heavy atom. The Balaban J connectivity index is 3.56. The number of alkyl halides is 3. The fourth-order valence-corrected chi connectivity index (χ4v) is 1.92. The van der Waals surface area contributed by atoms with E-state index in [0.29, 0.717) is 0 Å². The van der Waals surface area contributed by atoms with Gasteiger partial charge in [0.25, 0.3) is 0 Å². The minimum Gasteiger partial charge on any atom is -0.480 e. The quantitative estimate of drug-likeness (QED) is 0.516. The molecular formula is C13H12F4O4. The van der Waals surface area contributed by atoms with E-state index in [1.165, 1.54) is 13.0 Å². The van der Waals surface area contributed by atoms with Crippen LogP contribution in [-0.4, -0.2) is 29.8 Å². The molecule has 1 atom stereocenters. The van der Waals surface area contributed by atoms with Gasteiger partial charge in [-0.2, -0.15) is 13.2 Å². The smallest absolute Gasteiger partial charge is 0.391 e. The second kappa shape index (κ2) is 6.11. The molecule has 0 aromatic heterocycles. The molecule has 0 aliphatic rings. The standard InChI is InChI=1S/C13H12F4O4/c1-2-21-11(20)12(10(18)19,7-13(15,16)17)8-5-3-4-6-9(8)14/h3-6H,2,7H2,1H3,(H,18,19). The third kappa shape index (κ3) is 3.50. The van der Waals surface area contributed by atoms with Crippen molar-refractivity contribution in [3.8, 4) is 0 Å². The van der Waals surface area contributed by atoms with E-state index in [2.05, 4.69) is 4.74 Å². The van der Waals surface area contributed by atoms with Crippen LogP contribution >= 0.6 is 0 Å². The molecule has 4 nitrogen and oxygen atoms in total. The number of carboxylic acid groups (broad SMARTS) is 1. The van der Waals surface area contributed by atoms with Crippen molar-refractivity contribution < 1.29 is 37.0 Å². The van der Waals surface area contributed by atoms with Gasteiger partial charge in [-0.1, -0.05) is 18.2 Å². The average molecular weight is 308 g/mol. The summed E-state index contributed by atoms with van der Waals surface area (Å²) in [5, 5.41) is 9.19. The van der Waals surface area contributed by atoms with Gasteiger partial charge in [-0.25, -0.2) is 4.39 Å². The largest absolute Gasteiger partial charge is 0.480 e. The van der Waals surface area contributed by atoms with Crippen LogP contribution in [0.3, 0.4) is 0 Å². The highest BCUT2D eigenvalue weighted by Gasteiger charge is 2.57. The molecule has 0 saturated carbocycles. The molecule has 0 bridgehead atoms. The van der Waals surface area contributed by atoms with Gasteiger partial charge in [0.05, 0.1) is 13.0 Å². The number of esters is 1. The zero-order valence-electron chi connectivity index (χ0n) is 10.9. The Kier molecular flexibility index (Phi) is 4.93. The van der Waals surface area contributed by atoms with Gasteiger partial charge < -0.3 is 9.84 Å². The number of hydrogen-bond acceptors (Lipinski definition) is 3. The fraction of sp³-hybridized carbons (Fsp3) is 0.385. The number of benzene rings is 1. The lowest BCUT2D eigenvalue weighted by atomic mass is 9.77. The molecule has 0 radical (unpaired) electrons. The van der Waals surface area contributed by atoms with Crippen LogP contribution < -0.4 is 0 Å². The number of carbonyl (C=O) groups excluding carboxylic acids is 1. The van der Waals surface area contributed by atoms with E-state index in [4.69, 9.17) is 0 Å². The molecule has 0 saturated heterocycles. The van der Waals surface area contributed by atoms with E-state index < -0.39 is 41.3 Å². The van der Waals surface area contributed by atoms with Gasteiger partial charge in [0.15, 0.2) is 0 Å². The molecular weight excluding hydrogens is 296 g/mol. The second-order valence-electron chi connectivity index (χ2n) is 4.20. The number of aliphatic carboxylic acids is 1. The highest BCUT2D eigenvalue weighted by Crippen LogP contribution is 2.39. The maximum absolute atomic E-state index is 13.8. The number of ether oxygens (including phenoxy) is 1. The van der Waals surface area contributed by atoms with Crippen LogP contribution in [0.2, 0.25) is 0 Å². The summed E-state index contributed by atoms with van der Waals surface area (Å²) in [7, 11) is 0. The van der Waals surface area contributed by atoms with Crippen molar-refractivity contribution in [1.82, 2.24) is 0 Å². The molecule has 116 valence electrons. The van der Waals surface area contributed by atoms with Gasteiger partial charge in [0.1, 0.15) is 5.82 Å². The third-order valence-corrected chi connectivity index (χ3v) is 2.79. The summed E-state index contributed by atoms with van der Waals surface area (Å²) in [4.78, 5) is 23.3. The third-order valence-electron chi connectivity index (χ3n) is 2.79. The lowest BCUT2D eigenvalue weighted by molar-refractivity contribution is -0.183. The summed E-state index contributed by atoms with van der Waals surface area (Å²) in [6.45, 7) is 0.972. The van der Waals surface area contributed by atoms with Crippen molar-refractivity contribution in [2.75, 3.05) is 6.61 Å². The van der Waals surface area contributed by atoms with Crippen LogP contribution in [0.1, 0.15) is 18.9 Å². The van der Waals surface area contributed by atoms with Gasteiger partial charge in [0.2, 0.25) is 5.41 Å². The zero-order chi connectivity index (χ0) is 16.3. The van der Waals surface area contributed by atoms with Crippen LogP contribution in [0, 0.1) is 5.82 Å². The van der Waals surface area contributed by atoms with Crippen LogP contribution in [0.25, 0.3) is 0 Å². The molecule has 1 unspecified atom stereocenters. The van der Waals surface area contributed by atoms with Crippen molar-refractivity contribution in [3.63, 3.8) is 0 Å². The van der Waals surface area contributed by atoms with Crippen molar-refractivity contribution in [1.29, 1.82) is 0 Å². The highest BCUT2D eigenvalue weighted by atomic mass is 19.4. The van der Waals surface area contributed by atoms with E-state index in [0.717, 1.165) is 18.2 Å². The molecule has 1 aromatic carbocycles. The first-order valence-corrected chi connectivity index (χ1v) is 5.87. The number of halogens is 4. The number of hydrogen-bond donors (Lipinski definition) is 1. The fourth-order valence-electron chi connectivity index (χ4n) is 1.92. The number of carboxylic acids is 1. The van der Waals surface area contributed by atoms with Gasteiger partial charge in [-0.05, 0) is 13.0 Å². The Morgan fingerprint density at radius 1 is 1.24 bits per heavy atom. The number of rotatable bonds is 5. The summed E-state index contributed by atoms with van der Waals surface area (Å²) >= 11 is 0. The van der Waals surface area contributed by atoms with Crippen molar-refractivity contribution in [2.45, 2.75) is 24.9 Å². The van der Waals surface area contributed by atoms with Crippen molar-refractivity contribution in [3.05, 3.63) is 35.6 Å². The summed E-state index contributed by atoms with van der Waals surface area (Å²) in [5.41, 5.74) is -4.05. The Bertz CT molecular complexity index is 541. The van der Waals surface area contributed by atoms with Crippen LogP contribution in [-0.2, 0) is 19.7 Å².